The molecule has 0 N–H and O–H groups in total. The molecule has 2 aromatic rings. The van der Waals surface area contributed by atoms with Crippen molar-refractivity contribution >= 4 is 11.8 Å². The van der Waals surface area contributed by atoms with Gasteiger partial charge in [-0.2, -0.15) is 0 Å². The van der Waals surface area contributed by atoms with Gasteiger partial charge in [-0.25, -0.2) is 0 Å². The Bertz CT molecular complexity index is 936. The van der Waals surface area contributed by atoms with E-state index in [2.05, 4.69) is 0 Å². The lowest BCUT2D eigenvalue weighted by atomic mass is 10.1. The van der Waals surface area contributed by atoms with Crippen molar-refractivity contribution in [2.24, 2.45) is 5.92 Å². The molecule has 8 heteroatoms. The van der Waals surface area contributed by atoms with Crippen molar-refractivity contribution in [2.75, 3.05) is 33.6 Å². The maximum absolute atomic E-state index is 13.3. The van der Waals surface area contributed by atoms with Gasteiger partial charge in [-0.05, 0) is 49.6 Å². The van der Waals surface area contributed by atoms with Gasteiger partial charge in [-0.3, -0.25) is 9.59 Å². The van der Waals surface area contributed by atoms with Gasteiger partial charge in [-0.1, -0.05) is 6.07 Å². The molecule has 2 amide bonds. The molecule has 0 radical (unpaired) electrons. The highest BCUT2D eigenvalue weighted by Gasteiger charge is 2.34. The fourth-order valence-electron chi connectivity index (χ4n) is 3.57. The van der Waals surface area contributed by atoms with E-state index in [1.807, 2.05) is 37.3 Å². The van der Waals surface area contributed by atoms with Crippen LogP contribution in [0.15, 0.2) is 34.7 Å². The normalized spacial score (nSPS) is 14.5. The zero-order chi connectivity index (χ0) is 21.8. The predicted molar refractivity (Wildman–Crippen MR) is 111 cm³/mol. The van der Waals surface area contributed by atoms with Crippen LogP contribution in [-0.4, -0.2) is 55.2 Å². The molecule has 1 aliphatic carbocycles. The number of carbonyl (C=O) groups excluding carboxylic acids is 2. The Morgan fingerprint density at radius 3 is 2.58 bits per heavy atom. The molecule has 2 aliphatic rings. The molecule has 2 heterocycles. The van der Waals surface area contributed by atoms with Crippen LogP contribution in [0.1, 0.15) is 29.9 Å². The zero-order valence-electron chi connectivity index (χ0n) is 18.0. The van der Waals surface area contributed by atoms with Crippen LogP contribution in [0.5, 0.6) is 11.5 Å². The largest absolute Gasteiger partial charge is 0.464 e. The summed E-state index contributed by atoms with van der Waals surface area (Å²) in [6.07, 6.45) is 1.78. The minimum absolute atomic E-state index is 0.0168. The Kier molecular flexibility index (Phi) is 6.46. The summed E-state index contributed by atoms with van der Waals surface area (Å²) in [6.45, 7) is 3.56. The fraction of sp³-hybridized carbons (Fsp3) is 0.478. The van der Waals surface area contributed by atoms with Crippen LogP contribution in [-0.2, 0) is 27.4 Å². The smallest absolute Gasteiger partial charge is 0.242 e. The Hall–Kier alpha value is -3.00. The summed E-state index contributed by atoms with van der Waals surface area (Å²) in [7, 11) is 1.59. The number of methoxy groups -OCH3 is 1. The maximum atomic E-state index is 13.3. The van der Waals surface area contributed by atoms with Crippen LogP contribution in [0.25, 0.3) is 0 Å². The molecule has 0 bridgehead atoms. The van der Waals surface area contributed by atoms with Crippen LogP contribution in [0.3, 0.4) is 0 Å². The average Bonchev–Trinajstić information content (AvgIpc) is 3.37. The molecule has 0 atom stereocenters. The van der Waals surface area contributed by atoms with E-state index in [0.717, 1.165) is 24.2 Å². The van der Waals surface area contributed by atoms with E-state index >= 15 is 0 Å². The third-order valence-electron chi connectivity index (χ3n) is 5.44. The highest BCUT2D eigenvalue weighted by atomic mass is 16.7. The van der Waals surface area contributed by atoms with Crippen LogP contribution in [0.4, 0.5) is 0 Å². The molecule has 0 unspecified atom stereocenters. The number of fused-ring (bicyclic) bond motifs is 1. The first-order chi connectivity index (χ1) is 15.0. The predicted octanol–water partition coefficient (Wildman–Crippen LogP) is 2.73. The number of rotatable bonds is 10. The molecular formula is C23H28N2O6. The molecule has 4 rings (SSSR count). The Balaban J connectivity index is 1.50. The van der Waals surface area contributed by atoms with Gasteiger partial charge in [0.2, 0.25) is 18.6 Å². The number of furan rings is 1. The van der Waals surface area contributed by atoms with Crippen molar-refractivity contribution < 1.29 is 28.2 Å². The third-order valence-corrected chi connectivity index (χ3v) is 5.44. The van der Waals surface area contributed by atoms with Gasteiger partial charge in [0, 0.05) is 26.1 Å². The SMILES string of the molecule is COCCN(CC(=O)N(Cc1ccc2c(c1)OCO2)Cc1ccc(C)o1)C(=O)C1CC1. The number of benzene rings is 1. The zero-order valence-corrected chi connectivity index (χ0v) is 18.0. The number of amides is 2. The Morgan fingerprint density at radius 2 is 1.87 bits per heavy atom. The molecule has 1 aliphatic heterocycles. The van der Waals surface area contributed by atoms with E-state index in [4.69, 9.17) is 18.6 Å². The number of hydrogen-bond donors (Lipinski definition) is 0. The molecule has 1 saturated carbocycles. The average molecular weight is 428 g/mol. The van der Waals surface area contributed by atoms with E-state index in [-0.39, 0.29) is 31.1 Å². The molecule has 0 spiro atoms. The first-order valence-electron chi connectivity index (χ1n) is 10.5. The van der Waals surface area contributed by atoms with Gasteiger partial charge in [0.05, 0.1) is 19.7 Å². The number of ether oxygens (including phenoxy) is 3. The summed E-state index contributed by atoms with van der Waals surface area (Å²) in [4.78, 5) is 29.3. The minimum atomic E-state index is -0.142. The van der Waals surface area contributed by atoms with Crippen molar-refractivity contribution in [1.29, 1.82) is 0 Å². The van der Waals surface area contributed by atoms with Gasteiger partial charge in [-0.15, -0.1) is 0 Å². The molecule has 166 valence electrons. The number of aryl methyl sites for hydroxylation is 1. The Morgan fingerprint density at radius 1 is 1.06 bits per heavy atom. The molecule has 1 aromatic heterocycles. The molecular weight excluding hydrogens is 400 g/mol. The van der Waals surface area contributed by atoms with Gasteiger partial charge in [0.1, 0.15) is 11.5 Å². The topological polar surface area (TPSA) is 81.5 Å². The Labute approximate surface area is 181 Å². The highest BCUT2D eigenvalue weighted by molar-refractivity contribution is 5.87. The van der Waals surface area contributed by atoms with E-state index in [1.165, 1.54) is 0 Å². The first kappa shape index (κ1) is 21.2. The summed E-state index contributed by atoms with van der Waals surface area (Å²) in [6, 6.07) is 9.39. The van der Waals surface area contributed by atoms with Gasteiger partial charge in [0.25, 0.3) is 0 Å². The van der Waals surface area contributed by atoms with Crippen molar-refractivity contribution in [3.8, 4) is 11.5 Å². The third kappa shape index (κ3) is 5.38. The number of nitrogens with zero attached hydrogens (tertiary/aromatic N) is 2. The summed E-state index contributed by atoms with van der Waals surface area (Å²) in [5.74, 6) is 2.78. The van der Waals surface area contributed by atoms with Crippen molar-refractivity contribution in [3.63, 3.8) is 0 Å². The van der Waals surface area contributed by atoms with Crippen LogP contribution in [0.2, 0.25) is 0 Å². The first-order valence-corrected chi connectivity index (χ1v) is 10.5. The van der Waals surface area contributed by atoms with Crippen molar-refractivity contribution in [3.05, 3.63) is 47.4 Å². The van der Waals surface area contributed by atoms with E-state index in [1.54, 1.807) is 16.9 Å². The second-order valence-corrected chi connectivity index (χ2v) is 7.98. The molecule has 0 saturated heterocycles. The second kappa shape index (κ2) is 9.43. The lowest BCUT2D eigenvalue weighted by Crippen LogP contribution is -2.44. The van der Waals surface area contributed by atoms with Gasteiger partial charge < -0.3 is 28.4 Å². The second-order valence-electron chi connectivity index (χ2n) is 7.98. The van der Waals surface area contributed by atoms with Crippen molar-refractivity contribution in [2.45, 2.75) is 32.9 Å². The minimum Gasteiger partial charge on any atom is -0.464 e. The van der Waals surface area contributed by atoms with Gasteiger partial charge >= 0.3 is 0 Å². The van der Waals surface area contributed by atoms with E-state index in [9.17, 15) is 9.59 Å². The molecule has 31 heavy (non-hydrogen) atoms. The molecule has 1 aromatic carbocycles. The van der Waals surface area contributed by atoms with E-state index < -0.39 is 0 Å². The summed E-state index contributed by atoms with van der Waals surface area (Å²) >= 11 is 0. The fourth-order valence-corrected chi connectivity index (χ4v) is 3.57. The van der Waals surface area contributed by atoms with Crippen LogP contribution in [0, 0.1) is 12.8 Å². The van der Waals surface area contributed by atoms with Crippen molar-refractivity contribution in [1.82, 2.24) is 9.80 Å². The van der Waals surface area contributed by atoms with E-state index in [0.29, 0.717) is 43.5 Å². The monoisotopic (exact) mass is 428 g/mol. The van der Waals surface area contributed by atoms with Crippen LogP contribution < -0.4 is 9.47 Å². The highest BCUT2D eigenvalue weighted by Crippen LogP contribution is 2.33. The summed E-state index contributed by atoms with van der Waals surface area (Å²) in [5, 5.41) is 0. The number of carbonyl (C=O) groups is 2. The van der Waals surface area contributed by atoms with Gasteiger partial charge in [0.15, 0.2) is 11.5 Å². The summed E-state index contributed by atoms with van der Waals surface area (Å²) in [5.41, 5.74) is 0.915. The molecule has 8 nitrogen and oxygen atoms in total. The molecule has 1 fully saturated rings. The summed E-state index contributed by atoms with van der Waals surface area (Å²) < 4.78 is 21.7. The standard InChI is InChI=1S/C23H28N2O6/c1-16-3-7-19(31-16)13-25(12-17-4-8-20-21(11-17)30-15-29-20)22(26)14-24(9-10-28-2)23(27)18-5-6-18/h3-4,7-8,11,18H,5-6,9-10,12-15H2,1-2H3. The number of hydrogen-bond acceptors (Lipinski definition) is 6. The maximum Gasteiger partial charge on any atom is 0.242 e. The lowest BCUT2D eigenvalue weighted by molar-refractivity contribution is -0.142. The quantitative estimate of drug-likeness (QED) is 0.579. The van der Waals surface area contributed by atoms with Crippen LogP contribution >= 0.6 is 0 Å². The lowest BCUT2D eigenvalue weighted by Gasteiger charge is -2.27.